The predicted octanol–water partition coefficient (Wildman–Crippen LogP) is 24.4. The van der Waals surface area contributed by atoms with Gasteiger partial charge in [0, 0.05) is 44.3 Å². The number of anilines is 6. The van der Waals surface area contributed by atoms with Crippen molar-refractivity contribution in [3.8, 4) is 44.5 Å². The molecule has 0 saturated carbocycles. The average molecular weight is 1150 g/mol. The van der Waals surface area contributed by atoms with Crippen LogP contribution in [-0.2, 0) is 16.2 Å². The Morgan fingerprint density at radius 2 is 0.719 bits per heavy atom. The zero-order valence-electron chi connectivity index (χ0n) is 52.3. The van der Waals surface area contributed by atoms with Crippen LogP contribution in [0.5, 0.6) is 0 Å². The second kappa shape index (κ2) is 19.1. The molecule has 1 spiro atoms. The van der Waals surface area contributed by atoms with Crippen LogP contribution in [0.2, 0.25) is 0 Å². The van der Waals surface area contributed by atoms with Crippen LogP contribution in [0, 0.1) is 0 Å². The Labute approximate surface area is 521 Å². The number of hydrogen-bond donors (Lipinski definition) is 0. The minimum absolute atomic E-state index is 0.0315. The van der Waals surface area contributed by atoms with Gasteiger partial charge in [-0.3, -0.25) is 0 Å². The number of para-hydroxylation sites is 4. The fourth-order valence-corrected chi connectivity index (χ4v) is 15.8. The molecular weight excluding hydrogens is 1080 g/mol. The van der Waals surface area contributed by atoms with Crippen molar-refractivity contribution >= 4 is 88.8 Å². The van der Waals surface area contributed by atoms with Crippen LogP contribution in [0.1, 0.15) is 126 Å². The summed E-state index contributed by atoms with van der Waals surface area (Å²) in [6.07, 6.45) is 0. The summed E-state index contributed by atoms with van der Waals surface area (Å²) in [6, 6.07) is 87.7. The molecule has 432 valence electrons. The molecule has 2 heterocycles. The van der Waals surface area contributed by atoms with Crippen molar-refractivity contribution in [3.05, 3.63) is 275 Å². The smallest absolute Gasteiger partial charge is 0.159 e. The number of nitrogens with zero attached hydrogens (tertiary/aromatic N) is 2. The molecule has 0 fully saturated rings. The quantitative estimate of drug-likeness (QED) is 0.152. The summed E-state index contributed by atoms with van der Waals surface area (Å²) in [4.78, 5) is 4.92. The van der Waals surface area contributed by atoms with Gasteiger partial charge in [0.2, 0.25) is 0 Å². The lowest BCUT2D eigenvalue weighted by molar-refractivity contribution is 0.590. The average Bonchev–Trinajstić information content (AvgIpc) is 1.50. The summed E-state index contributed by atoms with van der Waals surface area (Å²) in [7, 11) is 0. The summed E-state index contributed by atoms with van der Waals surface area (Å²) >= 11 is 0. The largest absolute Gasteiger partial charge is 0.454 e. The molecule has 0 unspecified atom stereocenters. The van der Waals surface area contributed by atoms with Gasteiger partial charge in [0.25, 0.3) is 0 Å². The second-order valence-corrected chi connectivity index (χ2v) is 27.9. The highest BCUT2D eigenvalue weighted by Crippen LogP contribution is 2.67. The monoisotopic (exact) mass is 1150 g/mol. The van der Waals surface area contributed by atoms with Crippen LogP contribution < -0.4 is 9.80 Å². The molecule has 2 aromatic heterocycles. The molecule has 0 saturated heterocycles. The number of fused-ring (bicyclic) bond motifs is 20. The fourth-order valence-electron chi connectivity index (χ4n) is 15.8. The zero-order chi connectivity index (χ0) is 60.6. The van der Waals surface area contributed by atoms with Crippen molar-refractivity contribution in [2.45, 2.75) is 97.3 Å². The Kier molecular flexibility index (Phi) is 11.4. The Hall–Kier alpha value is -9.90. The van der Waals surface area contributed by atoms with Crippen molar-refractivity contribution in [3.63, 3.8) is 0 Å². The minimum atomic E-state index is -0.778. The molecule has 0 radical (unpaired) electrons. The van der Waals surface area contributed by atoms with Crippen molar-refractivity contribution in [2.75, 3.05) is 9.80 Å². The molecule has 0 aliphatic heterocycles. The molecule has 0 bridgehead atoms. The van der Waals surface area contributed by atoms with Gasteiger partial charge in [0.05, 0.1) is 16.8 Å². The first kappa shape index (κ1) is 53.3. The summed E-state index contributed by atoms with van der Waals surface area (Å²) in [5.74, 6) is 0.576. The minimum Gasteiger partial charge on any atom is -0.454 e. The topological polar surface area (TPSA) is 32.8 Å². The molecule has 3 aliphatic rings. The molecule has 3 aliphatic carbocycles. The van der Waals surface area contributed by atoms with E-state index in [-0.39, 0.29) is 22.7 Å². The van der Waals surface area contributed by atoms with Crippen molar-refractivity contribution in [2.24, 2.45) is 0 Å². The third kappa shape index (κ3) is 7.59. The van der Waals surface area contributed by atoms with Crippen LogP contribution >= 0.6 is 0 Å². The van der Waals surface area contributed by atoms with Gasteiger partial charge in [-0.1, -0.05) is 233 Å². The Bertz CT molecular complexity index is 5050. The molecule has 0 amide bonds. The van der Waals surface area contributed by atoms with Gasteiger partial charge in [0.1, 0.15) is 11.2 Å². The Morgan fingerprint density at radius 1 is 0.315 bits per heavy atom. The molecular formula is C85H70N2O2. The molecule has 14 aromatic rings. The maximum atomic E-state index is 7.25. The van der Waals surface area contributed by atoms with Crippen LogP contribution in [0.15, 0.2) is 239 Å². The highest BCUT2D eigenvalue weighted by Gasteiger charge is 2.53. The molecule has 89 heavy (non-hydrogen) atoms. The molecule has 4 nitrogen and oxygen atoms in total. The first-order valence-corrected chi connectivity index (χ1v) is 31.9. The number of furan rings is 2. The lowest BCUT2D eigenvalue weighted by Crippen LogP contribution is -2.26. The van der Waals surface area contributed by atoms with E-state index < -0.39 is 5.41 Å². The van der Waals surface area contributed by atoms with E-state index in [1.165, 1.54) is 99.8 Å². The van der Waals surface area contributed by atoms with Crippen molar-refractivity contribution in [1.29, 1.82) is 0 Å². The van der Waals surface area contributed by atoms with Crippen molar-refractivity contribution < 1.29 is 8.83 Å². The summed E-state index contributed by atoms with van der Waals surface area (Å²) in [5, 5.41) is 7.09. The molecule has 17 rings (SSSR count). The van der Waals surface area contributed by atoms with Gasteiger partial charge in [-0.25, -0.2) is 0 Å². The van der Waals surface area contributed by atoms with E-state index in [0.717, 1.165) is 78.0 Å². The maximum absolute atomic E-state index is 7.25. The summed E-state index contributed by atoms with van der Waals surface area (Å²) in [6.45, 7) is 22.8. The fraction of sp³-hybridized carbons (Fsp3) is 0.176. The van der Waals surface area contributed by atoms with Crippen LogP contribution in [-0.4, -0.2) is 0 Å². The lowest BCUT2D eigenvalue weighted by Gasteiger charge is -2.33. The van der Waals surface area contributed by atoms with E-state index in [9.17, 15) is 0 Å². The number of hydrogen-bond acceptors (Lipinski definition) is 4. The second-order valence-electron chi connectivity index (χ2n) is 27.9. The van der Waals surface area contributed by atoms with E-state index >= 15 is 0 Å². The molecule has 0 N–H and O–H groups in total. The zero-order valence-corrected chi connectivity index (χ0v) is 52.3. The van der Waals surface area contributed by atoms with Crippen LogP contribution in [0.4, 0.5) is 34.1 Å². The Balaban J connectivity index is 0.967. The van der Waals surface area contributed by atoms with Gasteiger partial charge in [-0.15, -0.1) is 0 Å². The van der Waals surface area contributed by atoms with E-state index in [2.05, 4.69) is 310 Å². The number of rotatable bonds is 8. The lowest BCUT2D eigenvalue weighted by atomic mass is 9.70. The first-order chi connectivity index (χ1) is 43.1. The van der Waals surface area contributed by atoms with Crippen LogP contribution in [0.25, 0.3) is 99.2 Å². The van der Waals surface area contributed by atoms with Gasteiger partial charge in [0.15, 0.2) is 11.2 Å². The van der Waals surface area contributed by atoms with Gasteiger partial charge >= 0.3 is 0 Å². The SMILES string of the molecule is CC(C)c1cccc2c1oc1c(N(c3ccc(C(C)(C)C)cc3)c3ccc4c(c3)C3(c5cc(N(c6ccc(C(C)(C)C)cc6)c6cccc7c6oc6c(C(C)C)cccc67)ccc5-4)c4ccccc4-c4c3cc3c5c(cccc45)-c4ccccc4-3)cccc12. The molecule has 4 heteroatoms. The summed E-state index contributed by atoms with van der Waals surface area (Å²) < 4.78 is 14.5. The van der Waals surface area contributed by atoms with Crippen molar-refractivity contribution in [1.82, 2.24) is 0 Å². The van der Waals surface area contributed by atoms with Crippen LogP contribution in [0.3, 0.4) is 0 Å². The van der Waals surface area contributed by atoms with Gasteiger partial charge < -0.3 is 18.6 Å². The van der Waals surface area contributed by atoms with E-state index in [0.29, 0.717) is 0 Å². The van der Waals surface area contributed by atoms with Gasteiger partial charge in [-0.2, -0.15) is 0 Å². The number of benzene rings is 12. The highest BCUT2D eigenvalue weighted by atomic mass is 16.3. The third-order valence-corrected chi connectivity index (χ3v) is 20.1. The van der Waals surface area contributed by atoms with E-state index in [1.54, 1.807) is 0 Å². The normalized spacial score (nSPS) is 13.6. The standard InChI is InChI=1S/C85H70N2O2/c1-49(2)57-23-15-26-64-66-28-18-32-75(81(66)88-79(57)64)86(53-38-34-51(35-39-53)83(5,6)7)55-42-44-61-62-45-43-56(87(54-40-36-52(37-41-54)84(8,9)10)76-33-19-29-67-65-27-16-24-58(50(3)4)80(65)89-82(67)76)47-73(62)85(72(61)46-55)71-31-14-13-22-68(71)78-69-30-17-25-63-59-20-11-12-21-60(59)70(77(63)69)48-74(78)85/h11-50H,1-10H3. The third-order valence-electron chi connectivity index (χ3n) is 20.1. The molecule has 12 aromatic carbocycles. The van der Waals surface area contributed by atoms with E-state index in [4.69, 9.17) is 8.83 Å². The maximum Gasteiger partial charge on any atom is 0.159 e. The van der Waals surface area contributed by atoms with E-state index in [1.807, 2.05) is 0 Å². The molecule has 0 atom stereocenters. The van der Waals surface area contributed by atoms with Gasteiger partial charge in [-0.05, 0) is 189 Å². The predicted molar refractivity (Wildman–Crippen MR) is 374 cm³/mol. The highest BCUT2D eigenvalue weighted by molar-refractivity contribution is 6.21. The first-order valence-electron chi connectivity index (χ1n) is 31.9. The Morgan fingerprint density at radius 3 is 1.20 bits per heavy atom. The summed E-state index contributed by atoms with van der Waals surface area (Å²) in [5.41, 5.74) is 29.2.